The average molecular weight is 486 g/mol. The molecule has 5 aromatic rings. The van der Waals surface area contributed by atoms with Crippen molar-refractivity contribution < 1.29 is 8.42 Å². The fourth-order valence-corrected chi connectivity index (χ4v) is 6.99. The molecule has 0 radical (unpaired) electrons. The molecule has 168 valence electrons. The first-order valence-electron chi connectivity index (χ1n) is 10.7. The van der Waals surface area contributed by atoms with Crippen molar-refractivity contribution in [3.05, 3.63) is 108 Å². The van der Waals surface area contributed by atoms with Crippen LogP contribution in [0.3, 0.4) is 0 Å². The number of para-hydroxylation sites is 1. The lowest BCUT2D eigenvalue weighted by Crippen LogP contribution is -2.30. The van der Waals surface area contributed by atoms with Crippen LogP contribution in [0.1, 0.15) is 22.4 Å². The van der Waals surface area contributed by atoms with Gasteiger partial charge in [0.2, 0.25) is 15.2 Å². The van der Waals surface area contributed by atoms with Gasteiger partial charge in [-0.05, 0) is 56.6 Å². The van der Waals surface area contributed by atoms with Crippen LogP contribution in [0.15, 0.2) is 107 Å². The Hall–Kier alpha value is -3.53. The van der Waals surface area contributed by atoms with Crippen LogP contribution in [0.5, 0.6) is 0 Å². The third-order valence-corrected chi connectivity index (χ3v) is 8.63. The second-order valence-corrected chi connectivity index (χ2v) is 10.8. The van der Waals surface area contributed by atoms with Crippen molar-refractivity contribution in [3.63, 3.8) is 0 Å². The number of rotatable bonds is 6. The first-order valence-corrected chi connectivity index (χ1v) is 13.1. The van der Waals surface area contributed by atoms with Crippen molar-refractivity contribution in [2.45, 2.75) is 21.3 Å². The minimum Gasteiger partial charge on any atom is -0.207 e. The van der Waals surface area contributed by atoms with Crippen LogP contribution in [-0.2, 0) is 10.0 Å². The molecule has 6 rings (SSSR count). The molecule has 7 nitrogen and oxygen atoms in total. The van der Waals surface area contributed by atoms with Crippen molar-refractivity contribution >= 4 is 32.6 Å². The molecule has 0 bridgehead atoms. The molecule has 1 aliphatic rings. The van der Waals surface area contributed by atoms with E-state index in [9.17, 15) is 8.42 Å². The fourth-order valence-electron chi connectivity index (χ4n) is 4.43. The maximum Gasteiger partial charge on any atom is 0.241 e. The highest BCUT2D eigenvalue weighted by molar-refractivity contribution is 7.99. The molecule has 34 heavy (non-hydrogen) atoms. The molecule has 1 heterocycles. The Kier molecular flexibility index (Phi) is 5.17. The van der Waals surface area contributed by atoms with E-state index in [4.69, 9.17) is 0 Å². The van der Waals surface area contributed by atoms with Gasteiger partial charge >= 0.3 is 0 Å². The van der Waals surface area contributed by atoms with Gasteiger partial charge in [0.15, 0.2) is 0 Å². The molecule has 2 atom stereocenters. The number of thioether (sulfide) groups is 1. The Bertz CT molecular complexity index is 1580. The average Bonchev–Trinajstić information content (AvgIpc) is 3.45. The molecule has 0 amide bonds. The molecule has 0 unspecified atom stereocenters. The predicted octanol–water partition coefficient (Wildman–Crippen LogP) is 4.68. The Morgan fingerprint density at radius 1 is 0.794 bits per heavy atom. The second-order valence-electron chi connectivity index (χ2n) is 7.95. The zero-order chi connectivity index (χ0) is 23.1. The van der Waals surface area contributed by atoms with Gasteiger partial charge in [0.25, 0.3) is 0 Å². The smallest absolute Gasteiger partial charge is 0.207 e. The van der Waals surface area contributed by atoms with Gasteiger partial charge in [-0.2, -0.15) is 4.68 Å². The van der Waals surface area contributed by atoms with Gasteiger partial charge in [0, 0.05) is 0 Å². The molecule has 0 saturated carbocycles. The van der Waals surface area contributed by atoms with Gasteiger partial charge in [-0.3, -0.25) is 0 Å². The molecule has 4 aromatic carbocycles. The van der Waals surface area contributed by atoms with Crippen LogP contribution in [0.4, 0.5) is 0 Å². The quantitative estimate of drug-likeness (QED) is 0.376. The summed E-state index contributed by atoms with van der Waals surface area (Å²) in [4.78, 5) is 0.232. The van der Waals surface area contributed by atoms with Crippen LogP contribution >= 0.6 is 11.8 Å². The number of hydrogen-bond acceptors (Lipinski definition) is 6. The summed E-state index contributed by atoms with van der Waals surface area (Å²) in [5.74, 6) is 0. The van der Waals surface area contributed by atoms with E-state index in [2.05, 4.69) is 26.3 Å². The molecule has 9 heteroatoms. The Balaban J connectivity index is 1.44. The van der Waals surface area contributed by atoms with Crippen molar-refractivity contribution in [3.8, 4) is 5.69 Å². The molecule has 0 spiro atoms. The van der Waals surface area contributed by atoms with Gasteiger partial charge in [-0.25, -0.2) is 13.1 Å². The van der Waals surface area contributed by atoms with E-state index in [-0.39, 0.29) is 10.1 Å². The summed E-state index contributed by atoms with van der Waals surface area (Å²) in [5.41, 5.74) is 2.84. The molecule has 1 aliphatic carbocycles. The minimum absolute atomic E-state index is 0.232. The summed E-state index contributed by atoms with van der Waals surface area (Å²) in [6.07, 6.45) is 0. The van der Waals surface area contributed by atoms with Crippen LogP contribution in [0.2, 0.25) is 0 Å². The normalized spacial score (nSPS) is 17.3. The number of hydrogen-bond donors (Lipinski definition) is 1. The molecule has 1 aromatic heterocycles. The van der Waals surface area contributed by atoms with Gasteiger partial charge in [0.05, 0.1) is 21.9 Å². The lowest BCUT2D eigenvalue weighted by Gasteiger charge is -2.22. The zero-order valence-corrected chi connectivity index (χ0v) is 19.4. The lowest BCUT2D eigenvalue weighted by molar-refractivity contribution is 0.557. The summed E-state index contributed by atoms with van der Waals surface area (Å²) < 4.78 is 31.3. The van der Waals surface area contributed by atoms with E-state index in [1.54, 1.807) is 35.0 Å². The fraction of sp³-hybridized carbons (Fsp3) is 0.0800. The van der Waals surface area contributed by atoms with E-state index in [1.807, 2.05) is 60.7 Å². The summed E-state index contributed by atoms with van der Waals surface area (Å²) in [7, 11) is -3.75. The van der Waals surface area contributed by atoms with Gasteiger partial charge in [-0.15, -0.1) is 5.10 Å². The number of aromatic nitrogens is 4. The monoisotopic (exact) mass is 485 g/mol. The van der Waals surface area contributed by atoms with Crippen molar-refractivity contribution in [1.82, 2.24) is 24.9 Å². The highest BCUT2D eigenvalue weighted by atomic mass is 32.2. The lowest BCUT2D eigenvalue weighted by atomic mass is 10.1. The second kappa shape index (κ2) is 8.35. The van der Waals surface area contributed by atoms with E-state index >= 15 is 0 Å². The van der Waals surface area contributed by atoms with Gasteiger partial charge in [-0.1, -0.05) is 84.6 Å². The van der Waals surface area contributed by atoms with Gasteiger partial charge < -0.3 is 0 Å². The molecular weight excluding hydrogens is 466 g/mol. The summed E-state index contributed by atoms with van der Waals surface area (Å²) in [5, 5.41) is 14.8. The third-order valence-electron chi connectivity index (χ3n) is 5.92. The van der Waals surface area contributed by atoms with Gasteiger partial charge in [0.1, 0.15) is 0 Å². The number of benzene rings is 4. The maximum absolute atomic E-state index is 13.3. The summed E-state index contributed by atoms with van der Waals surface area (Å²) >= 11 is 1.45. The third kappa shape index (κ3) is 3.58. The molecule has 0 saturated heterocycles. The van der Waals surface area contributed by atoms with Crippen LogP contribution in [0, 0.1) is 0 Å². The largest absolute Gasteiger partial charge is 0.241 e. The zero-order valence-electron chi connectivity index (χ0n) is 17.8. The topological polar surface area (TPSA) is 89.8 Å². The number of sulfonamides is 1. The maximum atomic E-state index is 13.3. The first kappa shape index (κ1) is 21.0. The Labute approximate surface area is 200 Å². The van der Waals surface area contributed by atoms with E-state index < -0.39 is 16.1 Å². The summed E-state index contributed by atoms with van der Waals surface area (Å²) in [6, 6.07) is 29.7. The first-order chi connectivity index (χ1) is 16.6. The minimum atomic E-state index is -3.75. The highest BCUT2D eigenvalue weighted by Gasteiger charge is 2.39. The van der Waals surface area contributed by atoms with E-state index in [0.29, 0.717) is 5.16 Å². The number of nitrogens with one attached hydrogen (secondary N) is 1. The van der Waals surface area contributed by atoms with Crippen molar-refractivity contribution in [2.75, 3.05) is 0 Å². The highest BCUT2D eigenvalue weighted by Crippen LogP contribution is 2.53. The van der Waals surface area contributed by atoms with E-state index in [0.717, 1.165) is 27.6 Å². The van der Waals surface area contributed by atoms with Crippen molar-refractivity contribution in [1.29, 1.82) is 0 Å². The van der Waals surface area contributed by atoms with E-state index in [1.165, 1.54) is 11.8 Å². The van der Waals surface area contributed by atoms with Crippen LogP contribution in [0.25, 0.3) is 16.5 Å². The Morgan fingerprint density at radius 2 is 1.47 bits per heavy atom. The molecule has 1 N–H and O–H groups in total. The van der Waals surface area contributed by atoms with Crippen LogP contribution in [-0.4, -0.2) is 28.6 Å². The molecule has 0 aliphatic heterocycles. The standard InChI is InChI=1S/C25H19N5O2S2/c31-34(32,19-13-5-2-6-14-19)27-23-20-15-7-9-17-10-8-16-21(22(17)20)24(23)33-25-26-28-29-30(25)18-11-3-1-4-12-18/h1-16,23-24,27H/t23-,24-/m0/s1. The SMILES string of the molecule is O=S(=O)(N[C@H]1c2cccc3cccc(c23)[C@@H]1Sc1nnnn1-c1ccccc1)c1ccccc1. The van der Waals surface area contributed by atoms with Crippen molar-refractivity contribution in [2.24, 2.45) is 0 Å². The molecular formula is C25H19N5O2S2. The predicted molar refractivity (Wildman–Crippen MR) is 131 cm³/mol. The molecule has 0 fully saturated rings. The number of nitrogens with zero attached hydrogens (tertiary/aromatic N) is 4. The summed E-state index contributed by atoms with van der Waals surface area (Å²) in [6.45, 7) is 0. The Morgan fingerprint density at radius 3 is 2.21 bits per heavy atom. The number of tetrazole rings is 1. The van der Waals surface area contributed by atoms with Crippen LogP contribution < -0.4 is 4.72 Å².